The van der Waals surface area contributed by atoms with E-state index in [-0.39, 0.29) is 28.0 Å². The summed E-state index contributed by atoms with van der Waals surface area (Å²) in [4.78, 5) is 24.5. The van der Waals surface area contributed by atoms with Gasteiger partial charge in [0.2, 0.25) is 0 Å². The summed E-state index contributed by atoms with van der Waals surface area (Å²) in [5.74, 6) is 0.153. The van der Waals surface area contributed by atoms with Crippen LogP contribution in [0.5, 0.6) is 5.75 Å². The number of hydrogen-bond acceptors (Lipinski definition) is 5. The third kappa shape index (κ3) is 5.16. The number of amides is 1. The van der Waals surface area contributed by atoms with Crippen LogP contribution in [0.15, 0.2) is 87.2 Å². The van der Waals surface area contributed by atoms with Gasteiger partial charge < -0.3 is 8.84 Å². The minimum absolute atomic E-state index is 0.106. The number of fused-ring (bicyclic) bond motifs is 1. The summed E-state index contributed by atoms with van der Waals surface area (Å²) < 4.78 is 27.8. The van der Waals surface area contributed by atoms with E-state index in [1.165, 1.54) is 11.2 Å². The van der Waals surface area contributed by atoms with E-state index in [0.717, 1.165) is 11.1 Å². The first-order valence-electron chi connectivity index (χ1n) is 12.9. The molecule has 6 nitrogen and oxygen atoms in total. The molecule has 0 N–H and O–H groups in total. The van der Waals surface area contributed by atoms with Gasteiger partial charge in [-0.3, -0.25) is 14.7 Å². The van der Waals surface area contributed by atoms with Crippen LogP contribution in [-0.2, 0) is 11.2 Å². The van der Waals surface area contributed by atoms with Crippen LogP contribution in [0.3, 0.4) is 0 Å². The quantitative estimate of drug-likeness (QED) is 0.241. The number of rotatable bonds is 6. The van der Waals surface area contributed by atoms with Crippen LogP contribution in [-0.4, -0.2) is 30.7 Å². The summed E-state index contributed by atoms with van der Waals surface area (Å²) in [7, 11) is -2.31. The van der Waals surface area contributed by atoms with Gasteiger partial charge in [0.1, 0.15) is 17.2 Å². The lowest BCUT2D eigenvalue weighted by molar-refractivity contribution is -0.120. The molecule has 2 aliphatic rings. The van der Waals surface area contributed by atoms with Gasteiger partial charge in [0.05, 0.1) is 23.9 Å². The molecule has 3 heterocycles. The Bertz CT molecular complexity index is 1560. The van der Waals surface area contributed by atoms with Crippen molar-refractivity contribution in [1.29, 1.82) is 0 Å². The van der Waals surface area contributed by atoms with Gasteiger partial charge >= 0.3 is 0 Å². The number of carbonyl (C=O) groups excluding carboxylic acids is 1. The van der Waals surface area contributed by atoms with Gasteiger partial charge in [-0.2, -0.15) is 0 Å². The van der Waals surface area contributed by atoms with E-state index in [9.17, 15) is 4.79 Å². The molecule has 0 spiro atoms. The Morgan fingerprint density at radius 1 is 1.10 bits per heavy atom. The highest BCUT2D eigenvalue weighted by molar-refractivity contribution is 6.74. The van der Waals surface area contributed by atoms with Gasteiger partial charge in [0.15, 0.2) is 11.7 Å². The lowest BCUT2D eigenvalue weighted by Gasteiger charge is -2.36. The number of nitrogens with zero attached hydrogens (tertiary/aromatic N) is 3. The van der Waals surface area contributed by atoms with Crippen LogP contribution in [0.2, 0.25) is 18.1 Å². The predicted molar refractivity (Wildman–Crippen MR) is 155 cm³/mol. The zero-order chi connectivity index (χ0) is 27.9. The Hall–Kier alpha value is -4.04. The zero-order valence-corrected chi connectivity index (χ0v) is 24.1. The van der Waals surface area contributed by atoms with Gasteiger partial charge in [0.25, 0.3) is 14.2 Å². The molecule has 0 saturated heterocycles. The SMILES string of the molecule is Cc1cccc(CC2=NC=C(c3cccc(O[Si](C)(C)C(C)(C)C)c3F)N3C(=O)C(=Cc4ccco4)N=C23)c1. The molecule has 0 bridgehead atoms. The third-order valence-electron chi connectivity index (χ3n) is 7.39. The van der Waals surface area contributed by atoms with Gasteiger partial charge in [-0.1, -0.05) is 56.7 Å². The second-order valence-corrected chi connectivity index (χ2v) is 16.1. The first-order chi connectivity index (χ1) is 18.4. The van der Waals surface area contributed by atoms with Crippen LogP contribution in [0.25, 0.3) is 11.8 Å². The van der Waals surface area contributed by atoms with E-state index < -0.39 is 14.1 Å². The summed E-state index contributed by atoms with van der Waals surface area (Å²) in [5.41, 5.74) is 3.52. The number of halogens is 1. The van der Waals surface area contributed by atoms with Gasteiger partial charge in [-0.25, -0.2) is 9.38 Å². The number of benzene rings is 2. The number of aryl methyl sites for hydroxylation is 1. The molecule has 0 saturated carbocycles. The summed E-state index contributed by atoms with van der Waals surface area (Å²) in [6.07, 6.45) is 5.14. The average Bonchev–Trinajstić information content (AvgIpc) is 3.49. The highest BCUT2D eigenvalue weighted by atomic mass is 28.4. The minimum Gasteiger partial charge on any atom is -0.542 e. The number of amidine groups is 1. The van der Waals surface area contributed by atoms with E-state index in [4.69, 9.17) is 8.84 Å². The van der Waals surface area contributed by atoms with Gasteiger partial charge in [-0.15, -0.1) is 0 Å². The first kappa shape index (κ1) is 26.6. The van der Waals surface area contributed by atoms with Crippen molar-refractivity contribution in [3.63, 3.8) is 0 Å². The molecule has 200 valence electrons. The molecule has 0 fully saturated rings. The molecule has 0 unspecified atom stereocenters. The number of carbonyl (C=O) groups is 1. The highest BCUT2D eigenvalue weighted by Crippen LogP contribution is 2.40. The van der Waals surface area contributed by atoms with Crippen LogP contribution in [0.4, 0.5) is 4.39 Å². The Balaban J connectivity index is 1.59. The maximum Gasteiger partial charge on any atom is 0.282 e. The molecular formula is C31H32FN3O3Si. The summed E-state index contributed by atoms with van der Waals surface area (Å²) in [5, 5.41) is -0.106. The topological polar surface area (TPSA) is 67.4 Å². The first-order valence-corrected chi connectivity index (χ1v) is 15.8. The largest absolute Gasteiger partial charge is 0.542 e. The summed E-state index contributed by atoms with van der Waals surface area (Å²) in [6.45, 7) is 12.5. The van der Waals surface area contributed by atoms with Gasteiger partial charge in [0, 0.05) is 18.1 Å². The fourth-order valence-corrected chi connectivity index (χ4v) is 5.26. The molecule has 3 aromatic rings. The van der Waals surface area contributed by atoms with E-state index in [0.29, 0.717) is 29.4 Å². The molecule has 8 heteroatoms. The van der Waals surface area contributed by atoms with E-state index in [2.05, 4.69) is 49.9 Å². The molecule has 39 heavy (non-hydrogen) atoms. The number of furan rings is 1. The van der Waals surface area contributed by atoms with Crippen molar-refractivity contribution in [2.24, 2.45) is 9.98 Å². The van der Waals surface area contributed by atoms with Crippen molar-refractivity contribution in [2.75, 3.05) is 0 Å². The normalized spacial score (nSPS) is 16.7. The van der Waals surface area contributed by atoms with Crippen molar-refractivity contribution in [2.45, 2.75) is 52.2 Å². The second kappa shape index (κ2) is 9.93. The Kier molecular flexibility index (Phi) is 6.76. The van der Waals surface area contributed by atoms with Crippen LogP contribution < -0.4 is 4.43 Å². The molecule has 2 aliphatic heterocycles. The fourth-order valence-electron chi connectivity index (χ4n) is 4.24. The average molecular weight is 542 g/mol. The number of hydrogen-bond donors (Lipinski definition) is 0. The highest BCUT2D eigenvalue weighted by Gasteiger charge is 2.41. The van der Waals surface area contributed by atoms with Crippen molar-refractivity contribution in [3.8, 4) is 5.75 Å². The van der Waals surface area contributed by atoms with Crippen molar-refractivity contribution in [1.82, 2.24) is 4.90 Å². The summed E-state index contributed by atoms with van der Waals surface area (Å²) >= 11 is 0. The zero-order valence-electron chi connectivity index (χ0n) is 23.1. The van der Waals surface area contributed by atoms with Crippen LogP contribution in [0.1, 0.15) is 43.2 Å². The van der Waals surface area contributed by atoms with E-state index in [1.807, 2.05) is 25.1 Å². The Morgan fingerprint density at radius 3 is 2.56 bits per heavy atom. The van der Waals surface area contributed by atoms with Crippen LogP contribution >= 0.6 is 0 Å². The number of aliphatic imine (C=N–C) groups is 2. The lowest BCUT2D eigenvalue weighted by Crippen LogP contribution is -2.44. The molecule has 0 aliphatic carbocycles. The molecule has 0 atom stereocenters. The Labute approximate surface area is 229 Å². The smallest absolute Gasteiger partial charge is 0.282 e. The van der Waals surface area contributed by atoms with Crippen molar-refractivity contribution < 1.29 is 18.0 Å². The van der Waals surface area contributed by atoms with E-state index in [1.54, 1.807) is 42.6 Å². The standard InChI is InChI=1S/C31H32FN3O3Si/c1-20-10-7-11-21(16-20)17-24-29-34-25(18-22-12-9-15-37-22)30(36)35(29)26(19-33-24)23-13-8-14-27(28(23)32)38-39(5,6)31(2,3)4/h7-16,18-19H,17H2,1-6H3. The Morgan fingerprint density at radius 2 is 1.87 bits per heavy atom. The monoisotopic (exact) mass is 541 g/mol. The van der Waals surface area contributed by atoms with Crippen LogP contribution in [0, 0.1) is 12.7 Å². The second-order valence-electron chi connectivity index (χ2n) is 11.4. The molecule has 0 radical (unpaired) electrons. The fraction of sp³-hybridized carbons (Fsp3) is 0.258. The lowest BCUT2D eigenvalue weighted by atomic mass is 10.0. The van der Waals surface area contributed by atoms with E-state index >= 15 is 4.39 Å². The maximum absolute atomic E-state index is 16.1. The maximum atomic E-state index is 16.1. The molecule has 1 amide bonds. The molecule has 2 aromatic carbocycles. The van der Waals surface area contributed by atoms with Crippen molar-refractivity contribution >= 4 is 37.5 Å². The van der Waals surface area contributed by atoms with Crippen molar-refractivity contribution in [3.05, 3.63) is 101 Å². The third-order valence-corrected chi connectivity index (χ3v) is 11.7. The molecule has 5 rings (SSSR count). The summed E-state index contributed by atoms with van der Waals surface area (Å²) in [6, 6.07) is 16.6. The minimum atomic E-state index is -2.31. The molecule has 1 aromatic heterocycles. The van der Waals surface area contributed by atoms with Gasteiger partial charge in [-0.05, 0) is 54.9 Å². The predicted octanol–water partition coefficient (Wildman–Crippen LogP) is 7.39. The molecular weight excluding hydrogens is 509 g/mol.